The summed E-state index contributed by atoms with van der Waals surface area (Å²) in [5, 5.41) is 0. The zero-order valence-corrected chi connectivity index (χ0v) is 11.3. The fraction of sp³-hybridized carbons (Fsp3) is 0.231. The number of hydrogen-bond acceptors (Lipinski definition) is 2. The van der Waals surface area contributed by atoms with Crippen LogP contribution in [0.4, 0.5) is 0 Å². The minimum Gasteiger partial charge on any atom is -0.497 e. The van der Waals surface area contributed by atoms with E-state index in [4.69, 9.17) is 10.5 Å². The Bertz CT molecular complexity index is 508. The normalized spacial score (nSPS) is 10.5. The summed E-state index contributed by atoms with van der Waals surface area (Å²) in [4.78, 5) is 0. The fourth-order valence-electron chi connectivity index (χ4n) is 1.71. The zero-order valence-electron chi connectivity index (χ0n) is 9.69. The Balaban J connectivity index is 2.22. The largest absolute Gasteiger partial charge is 0.497 e. The van der Waals surface area contributed by atoms with Crippen LogP contribution in [0.1, 0.15) is 11.1 Å². The van der Waals surface area contributed by atoms with Crippen LogP contribution in [0.2, 0.25) is 0 Å². The van der Waals surface area contributed by atoms with E-state index in [-0.39, 0.29) is 0 Å². The van der Waals surface area contributed by atoms with Crippen molar-refractivity contribution in [2.45, 2.75) is 13.1 Å². The maximum atomic E-state index is 5.59. The zero-order chi connectivity index (χ0) is 12.3. The maximum absolute atomic E-state index is 5.59. The molecule has 0 atom stereocenters. The molecule has 2 aromatic rings. The van der Waals surface area contributed by atoms with E-state index in [9.17, 15) is 0 Å². The van der Waals surface area contributed by atoms with E-state index in [2.05, 4.69) is 26.7 Å². The van der Waals surface area contributed by atoms with Gasteiger partial charge in [0, 0.05) is 30.0 Å². The van der Waals surface area contributed by atoms with Gasteiger partial charge in [-0.2, -0.15) is 0 Å². The van der Waals surface area contributed by atoms with Gasteiger partial charge < -0.3 is 15.0 Å². The van der Waals surface area contributed by atoms with Crippen LogP contribution in [0.3, 0.4) is 0 Å². The van der Waals surface area contributed by atoms with Crippen LogP contribution in [0, 0.1) is 0 Å². The number of methoxy groups -OCH3 is 1. The molecule has 2 N–H and O–H groups in total. The van der Waals surface area contributed by atoms with E-state index < -0.39 is 0 Å². The number of nitrogens with two attached hydrogens (primary N) is 1. The first kappa shape index (κ1) is 12.2. The number of nitrogens with zero attached hydrogens (tertiary/aromatic N) is 1. The molecule has 1 aromatic carbocycles. The van der Waals surface area contributed by atoms with Gasteiger partial charge in [0.2, 0.25) is 0 Å². The van der Waals surface area contributed by atoms with Gasteiger partial charge in [0.05, 0.1) is 7.11 Å². The third-order valence-electron chi connectivity index (χ3n) is 2.65. The monoisotopic (exact) mass is 294 g/mol. The molecule has 0 amide bonds. The number of hydrogen-bond donors (Lipinski definition) is 1. The minimum absolute atomic E-state index is 0.576. The van der Waals surface area contributed by atoms with Gasteiger partial charge in [0.15, 0.2) is 0 Å². The van der Waals surface area contributed by atoms with Gasteiger partial charge in [-0.1, -0.05) is 15.9 Å². The van der Waals surface area contributed by atoms with E-state index in [1.54, 1.807) is 7.11 Å². The topological polar surface area (TPSA) is 40.2 Å². The molecule has 1 heterocycles. The van der Waals surface area contributed by atoms with Crippen LogP contribution in [0.5, 0.6) is 5.75 Å². The first-order chi connectivity index (χ1) is 8.22. The summed E-state index contributed by atoms with van der Waals surface area (Å²) in [5.74, 6) is 0.870. The van der Waals surface area contributed by atoms with Gasteiger partial charge >= 0.3 is 0 Å². The van der Waals surface area contributed by atoms with Crippen molar-refractivity contribution in [2.24, 2.45) is 5.73 Å². The lowest BCUT2D eigenvalue weighted by Crippen LogP contribution is -1.99. The first-order valence-electron chi connectivity index (χ1n) is 5.40. The molecule has 0 unspecified atom stereocenters. The lowest BCUT2D eigenvalue weighted by Gasteiger charge is -2.08. The summed E-state index contributed by atoms with van der Waals surface area (Å²) in [6.45, 7) is 1.38. The van der Waals surface area contributed by atoms with Gasteiger partial charge in [-0.15, -0.1) is 0 Å². The molecule has 0 aliphatic carbocycles. The lowest BCUT2D eigenvalue weighted by molar-refractivity contribution is 0.414. The number of ether oxygens (including phenoxy) is 1. The summed E-state index contributed by atoms with van der Waals surface area (Å²) in [7, 11) is 1.68. The van der Waals surface area contributed by atoms with E-state index in [1.807, 2.05) is 30.5 Å². The van der Waals surface area contributed by atoms with Crippen molar-refractivity contribution in [3.8, 4) is 5.75 Å². The Hall–Kier alpha value is -1.26. The van der Waals surface area contributed by atoms with Crippen molar-refractivity contribution in [1.82, 2.24) is 4.57 Å². The van der Waals surface area contributed by atoms with E-state index in [0.29, 0.717) is 6.54 Å². The van der Waals surface area contributed by atoms with Crippen molar-refractivity contribution in [1.29, 1.82) is 0 Å². The molecule has 0 saturated heterocycles. The van der Waals surface area contributed by atoms with Gasteiger partial charge in [-0.05, 0) is 35.4 Å². The predicted molar refractivity (Wildman–Crippen MR) is 72.1 cm³/mol. The molecule has 0 saturated carbocycles. The molecular formula is C13H15BrN2O. The second-order valence-electron chi connectivity index (χ2n) is 3.85. The molecule has 0 aliphatic rings. The summed E-state index contributed by atoms with van der Waals surface area (Å²) in [6, 6.07) is 8.01. The second-order valence-corrected chi connectivity index (χ2v) is 4.71. The van der Waals surface area contributed by atoms with Gasteiger partial charge in [0.1, 0.15) is 5.75 Å². The first-order valence-corrected chi connectivity index (χ1v) is 6.19. The molecule has 0 bridgehead atoms. The average Bonchev–Trinajstić information content (AvgIpc) is 2.80. The molecule has 90 valence electrons. The van der Waals surface area contributed by atoms with Crippen LogP contribution in [0.25, 0.3) is 0 Å². The van der Waals surface area contributed by atoms with E-state index in [0.717, 1.165) is 22.3 Å². The summed E-state index contributed by atoms with van der Waals surface area (Å²) >= 11 is 3.55. The lowest BCUT2D eigenvalue weighted by atomic mass is 10.2. The summed E-state index contributed by atoms with van der Waals surface area (Å²) in [6.07, 6.45) is 4.10. The minimum atomic E-state index is 0.576. The van der Waals surface area contributed by atoms with E-state index in [1.165, 1.54) is 5.56 Å². The number of benzene rings is 1. The molecule has 0 fully saturated rings. The average molecular weight is 295 g/mol. The number of halogens is 1. The molecule has 0 aliphatic heterocycles. The summed E-state index contributed by atoms with van der Waals surface area (Å²) < 4.78 is 8.42. The van der Waals surface area contributed by atoms with Crippen molar-refractivity contribution < 1.29 is 4.74 Å². The Morgan fingerprint density at radius 1 is 1.35 bits per heavy atom. The molecule has 1 aromatic heterocycles. The SMILES string of the molecule is COc1ccc(Br)c(Cn2ccc(CN)c2)c1. The van der Waals surface area contributed by atoms with Crippen molar-refractivity contribution >= 4 is 15.9 Å². The fourth-order valence-corrected chi connectivity index (χ4v) is 2.08. The molecular weight excluding hydrogens is 280 g/mol. The van der Waals surface area contributed by atoms with Gasteiger partial charge in [-0.3, -0.25) is 0 Å². The van der Waals surface area contributed by atoms with Crippen LogP contribution in [-0.4, -0.2) is 11.7 Å². The second kappa shape index (κ2) is 5.38. The third-order valence-corrected chi connectivity index (χ3v) is 3.43. The maximum Gasteiger partial charge on any atom is 0.119 e. The Morgan fingerprint density at radius 3 is 2.82 bits per heavy atom. The van der Waals surface area contributed by atoms with E-state index >= 15 is 0 Å². The molecule has 3 nitrogen and oxygen atoms in total. The number of aromatic nitrogens is 1. The molecule has 17 heavy (non-hydrogen) atoms. The molecule has 2 rings (SSSR count). The Morgan fingerprint density at radius 2 is 2.18 bits per heavy atom. The molecule has 0 spiro atoms. The molecule has 0 radical (unpaired) electrons. The van der Waals surface area contributed by atoms with Gasteiger partial charge in [0.25, 0.3) is 0 Å². The third kappa shape index (κ3) is 2.90. The predicted octanol–water partition coefficient (Wildman–Crippen LogP) is 2.77. The highest BCUT2D eigenvalue weighted by molar-refractivity contribution is 9.10. The highest BCUT2D eigenvalue weighted by Crippen LogP contribution is 2.23. The molecule has 4 heteroatoms. The van der Waals surface area contributed by atoms with Crippen molar-refractivity contribution in [3.05, 3.63) is 52.3 Å². The highest BCUT2D eigenvalue weighted by atomic mass is 79.9. The highest BCUT2D eigenvalue weighted by Gasteiger charge is 2.03. The standard InChI is InChI=1S/C13H15BrN2O/c1-17-12-2-3-13(14)11(6-12)9-16-5-4-10(7-15)8-16/h2-6,8H,7,9,15H2,1H3. The Kier molecular flexibility index (Phi) is 3.86. The summed E-state index contributed by atoms with van der Waals surface area (Å²) in [5.41, 5.74) is 7.92. The van der Waals surface area contributed by atoms with Crippen molar-refractivity contribution in [2.75, 3.05) is 7.11 Å². The number of rotatable bonds is 4. The van der Waals surface area contributed by atoms with Crippen LogP contribution in [0.15, 0.2) is 41.1 Å². The van der Waals surface area contributed by atoms with Crippen LogP contribution in [-0.2, 0) is 13.1 Å². The van der Waals surface area contributed by atoms with Gasteiger partial charge in [-0.25, -0.2) is 0 Å². The van der Waals surface area contributed by atoms with Crippen LogP contribution >= 0.6 is 15.9 Å². The van der Waals surface area contributed by atoms with Crippen molar-refractivity contribution in [3.63, 3.8) is 0 Å². The van der Waals surface area contributed by atoms with Crippen LogP contribution < -0.4 is 10.5 Å². The smallest absolute Gasteiger partial charge is 0.119 e. The quantitative estimate of drug-likeness (QED) is 0.942. The Labute approximate surface area is 109 Å².